The van der Waals surface area contributed by atoms with Gasteiger partial charge in [-0.2, -0.15) is 0 Å². The molecule has 6 heteroatoms. The van der Waals surface area contributed by atoms with E-state index in [-0.39, 0.29) is 11.4 Å². The summed E-state index contributed by atoms with van der Waals surface area (Å²) < 4.78 is 39.2. The second-order valence-electron chi connectivity index (χ2n) is 4.03. The summed E-state index contributed by atoms with van der Waals surface area (Å²) in [4.78, 5) is 11.9. The first-order valence-electron chi connectivity index (χ1n) is 5.62. The minimum Gasteiger partial charge on any atom is -0.319 e. The number of nitrogens with one attached hydrogen (secondary N) is 1. The Morgan fingerprint density at radius 3 is 2.45 bits per heavy atom. The van der Waals surface area contributed by atoms with Crippen LogP contribution in [0.5, 0.6) is 0 Å². The van der Waals surface area contributed by atoms with E-state index in [0.717, 1.165) is 0 Å². The van der Waals surface area contributed by atoms with Gasteiger partial charge in [0.05, 0.1) is 5.69 Å². The highest BCUT2D eigenvalue weighted by atomic mass is 35.5. The molecule has 0 fully saturated rings. The highest BCUT2D eigenvalue weighted by Gasteiger charge is 2.13. The monoisotopic (exact) mass is 299 g/mol. The summed E-state index contributed by atoms with van der Waals surface area (Å²) in [7, 11) is 0. The molecule has 2 rings (SSSR count). The molecule has 0 heterocycles. The number of carbonyl (C=O) groups excluding carboxylic acids is 1. The van der Waals surface area contributed by atoms with Crippen LogP contribution in [0, 0.1) is 17.5 Å². The van der Waals surface area contributed by atoms with Gasteiger partial charge in [-0.1, -0.05) is 12.1 Å². The lowest BCUT2D eigenvalue weighted by molar-refractivity contribution is 0.102. The smallest absolute Gasteiger partial charge is 0.255 e. The fraction of sp³-hybridized carbons (Fsp3) is 0.0714. The van der Waals surface area contributed by atoms with Crippen molar-refractivity contribution >= 4 is 23.2 Å². The Bertz CT molecular complexity index is 661. The van der Waals surface area contributed by atoms with E-state index in [4.69, 9.17) is 11.6 Å². The predicted octanol–water partition coefficient (Wildman–Crippen LogP) is 4.10. The van der Waals surface area contributed by atoms with E-state index in [9.17, 15) is 18.0 Å². The standard InChI is InChI=1S/C14H9ClF3NO/c15-7-8-2-1-3-9(4-8)14(20)19-13-6-11(17)10(16)5-12(13)18/h1-6H,7H2,(H,19,20). The van der Waals surface area contributed by atoms with Gasteiger partial charge in [0.2, 0.25) is 0 Å². The van der Waals surface area contributed by atoms with Gasteiger partial charge in [0.15, 0.2) is 11.6 Å². The number of hydrogen-bond acceptors (Lipinski definition) is 1. The molecule has 0 spiro atoms. The van der Waals surface area contributed by atoms with Gasteiger partial charge in [-0.05, 0) is 17.7 Å². The van der Waals surface area contributed by atoms with Crippen molar-refractivity contribution in [2.75, 3.05) is 5.32 Å². The molecule has 0 aliphatic carbocycles. The third-order valence-electron chi connectivity index (χ3n) is 2.60. The average Bonchev–Trinajstić information content (AvgIpc) is 2.44. The molecule has 0 unspecified atom stereocenters. The molecule has 0 bridgehead atoms. The summed E-state index contributed by atoms with van der Waals surface area (Å²) >= 11 is 5.64. The highest BCUT2D eigenvalue weighted by molar-refractivity contribution is 6.17. The molecule has 0 aromatic heterocycles. The van der Waals surface area contributed by atoms with Crippen LogP contribution in [0.4, 0.5) is 18.9 Å². The van der Waals surface area contributed by atoms with Crippen molar-refractivity contribution in [1.82, 2.24) is 0 Å². The third kappa shape index (κ3) is 3.11. The highest BCUT2D eigenvalue weighted by Crippen LogP contribution is 2.19. The summed E-state index contributed by atoms with van der Waals surface area (Å²) in [5.74, 6) is -4.02. The summed E-state index contributed by atoms with van der Waals surface area (Å²) in [5, 5.41) is 2.18. The van der Waals surface area contributed by atoms with Crippen LogP contribution < -0.4 is 5.32 Å². The molecule has 1 amide bonds. The maximum absolute atomic E-state index is 13.4. The normalized spacial score (nSPS) is 10.4. The van der Waals surface area contributed by atoms with Gasteiger partial charge >= 0.3 is 0 Å². The minimum absolute atomic E-state index is 0.223. The molecule has 0 saturated heterocycles. The zero-order valence-corrected chi connectivity index (χ0v) is 10.8. The van der Waals surface area contributed by atoms with Crippen LogP contribution in [0.15, 0.2) is 36.4 Å². The third-order valence-corrected chi connectivity index (χ3v) is 2.91. The van der Waals surface area contributed by atoms with Crippen molar-refractivity contribution in [1.29, 1.82) is 0 Å². The van der Waals surface area contributed by atoms with Gasteiger partial charge in [-0.15, -0.1) is 11.6 Å². The van der Waals surface area contributed by atoms with Crippen LogP contribution >= 0.6 is 11.6 Å². The van der Waals surface area contributed by atoms with Crippen molar-refractivity contribution < 1.29 is 18.0 Å². The number of hydrogen-bond donors (Lipinski definition) is 1. The Morgan fingerprint density at radius 1 is 1.05 bits per heavy atom. The molecule has 104 valence electrons. The Hall–Kier alpha value is -2.01. The summed E-state index contributed by atoms with van der Waals surface area (Å²) in [6.45, 7) is 0. The lowest BCUT2D eigenvalue weighted by atomic mass is 10.1. The zero-order valence-electron chi connectivity index (χ0n) is 10.1. The van der Waals surface area contributed by atoms with Crippen LogP contribution in [-0.2, 0) is 5.88 Å². The molecule has 2 aromatic rings. The van der Waals surface area contributed by atoms with Crippen LogP contribution in [0.2, 0.25) is 0 Å². The Morgan fingerprint density at radius 2 is 1.75 bits per heavy atom. The lowest BCUT2D eigenvalue weighted by Crippen LogP contribution is -2.13. The number of amides is 1. The van der Waals surface area contributed by atoms with Gasteiger partial charge in [0, 0.05) is 23.6 Å². The molecule has 20 heavy (non-hydrogen) atoms. The topological polar surface area (TPSA) is 29.1 Å². The largest absolute Gasteiger partial charge is 0.319 e. The molecule has 1 N–H and O–H groups in total. The van der Waals surface area contributed by atoms with Crippen molar-refractivity contribution in [2.45, 2.75) is 5.88 Å². The van der Waals surface area contributed by atoms with E-state index < -0.39 is 29.0 Å². The second kappa shape index (κ2) is 5.96. The molecule has 2 aromatic carbocycles. The van der Waals surface area contributed by atoms with E-state index in [0.29, 0.717) is 17.7 Å². The number of halogens is 4. The maximum Gasteiger partial charge on any atom is 0.255 e. The Labute approximate surface area is 118 Å². The second-order valence-corrected chi connectivity index (χ2v) is 4.30. The molecule has 0 saturated carbocycles. The van der Waals surface area contributed by atoms with Gasteiger partial charge in [-0.25, -0.2) is 13.2 Å². The van der Waals surface area contributed by atoms with Crippen LogP contribution in [-0.4, -0.2) is 5.91 Å². The predicted molar refractivity (Wildman–Crippen MR) is 70.3 cm³/mol. The zero-order chi connectivity index (χ0) is 14.7. The van der Waals surface area contributed by atoms with E-state index >= 15 is 0 Å². The fourth-order valence-corrected chi connectivity index (χ4v) is 1.77. The summed E-state index contributed by atoms with van der Waals surface area (Å²) in [6, 6.07) is 7.34. The number of alkyl halides is 1. The van der Waals surface area contributed by atoms with Gasteiger partial charge < -0.3 is 5.32 Å². The first-order chi connectivity index (χ1) is 9.51. The maximum atomic E-state index is 13.4. The van der Waals surface area contributed by atoms with Crippen molar-refractivity contribution in [3.05, 3.63) is 65.0 Å². The number of anilines is 1. The van der Waals surface area contributed by atoms with Crippen LogP contribution in [0.3, 0.4) is 0 Å². The molecular weight excluding hydrogens is 291 g/mol. The summed E-state index contributed by atoms with van der Waals surface area (Å²) in [6.07, 6.45) is 0. The summed E-state index contributed by atoms with van der Waals surface area (Å²) in [5.41, 5.74) is 0.530. The van der Waals surface area contributed by atoms with Gasteiger partial charge in [-0.3, -0.25) is 4.79 Å². The van der Waals surface area contributed by atoms with Crippen molar-refractivity contribution in [2.24, 2.45) is 0 Å². The molecule has 0 atom stereocenters. The van der Waals surface area contributed by atoms with Gasteiger partial charge in [0.1, 0.15) is 5.82 Å². The fourth-order valence-electron chi connectivity index (χ4n) is 1.61. The first-order valence-corrected chi connectivity index (χ1v) is 6.15. The van der Waals surface area contributed by atoms with Crippen LogP contribution in [0.1, 0.15) is 15.9 Å². The van der Waals surface area contributed by atoms with E-state index in [1.54, 1.807) is 12.1 Å². The first kappa shape index (κ1) is 14.4. The quantitative estimate of drug-likeness (QED) is 0.671. The molecule has 2 nitrogen and oxygen atoms in total. The average molecular weight is 300 g/mol. The molecule has 0 aliphatic rings. The van der Waals surface area contributed by atoms with Crippen molar-refractivity contribution in [3.8, 4) is 0 Å². The number of carbonyl (C=O) groups is 1. The molecule has 0 aliphatic heterocycles. The van der Waals surface area contributed by atoms with Crippen molar-refractivity contribution in [3.63, 3.8) is 0 Å². The molecular formula is C14H9ClF3NO. The van der Waals surface area contributed by atoms with E-state index in [1.165, 1.54) is 12.1 Å². The molecule has 0 radical (unpaired) electrons. The van der Waals surface area contributed by atoms with Crippen LogP contribution in [0.25, 0.3) is 0 Å². The number of rotatable bonds is 3. The Kier molecular flexibility index (Phi) is 4.29. The Balaban J connectivity index is 2.25. The SMILES string of the molecule is O=C(Nc1cc(F)c(F)cc1F)c1cccc(CCl)c1. The number of benzene rings is 2. The lowest BCUT2D eigenvalue weighted by Gasteiger charge is -2.08. The van der Waals surface area contributed by atoms with E-state index in [2.05, 4.69) is 5.32 Å². The van der Waals surface area contributed by atoms with E-state index in [1.807, 2.05) is 0 Å². The van der Waals surface area contributed by atoms with Gasteiger partial charge in [0.25, 0.3) is 5.91 Å². The minimum atomic E-state index is -1.32.